The summed E-state index contributed by atoms with van der Waals surface area (Å²) in [6.45, 7) is 3.08. The van der Waals surface area contributed by atoms with Crippen LogP contribution in [0.3, 0.4) is 0 Å². The number of fused-ring (bicyclic) bond motifs is 1. The highest BCUT2D eigenvalue weighted by Crippen LogP contribution is 2.19. The molecule has 1 unspecified atom stereocenters. The number of aryl methyl sites for hydroxylation is 1. The zero-order valence-corrected chi connectivity index (χ0v) is 10.2. The summed E-state index contributed by atoms with van der Waals surface area (Å²) in [5.41, 5.74) is 3.57. The van der Waals surface area contributed by atoms with Crippen molar-refractivity contribution in [1.29, 1.82) is 0 Å². The van der Waals surface area contributed by atoms with Crippen LogP contribution in [0, 0.1) is 0 Å². The molecule has 3 heteroatoms. The average Bonchev–Trinajstić information content (AvgIpc) is 2.96. The van der Waals surface area contributed by atoms with E-state index < -0.39 is 0 Å². The van der Waals surface area contributed by atoms with Gasteiger partial charge < -0.3 is 9.72 Å². The molecule has 17 heavy (non-hydrogen) atoms. The second-order valence-electron chi connectivity index (χ2n) is 4.73. The summed E-state index contributed by atoms with van der Waals surface area (Å²) in [6.07, 6.45) is 4.69. The summed E-state index contributed by atoms with van der Waals surface area (Å²) in [5, 5.41) is 0. The van der Waals surface area contributed by atoms with Gasteiger partial charge in [0.25, 0.3) is 0 Å². The largest absolute Gasteiger partial charge is 0.378 e. The fourth-order valence-electron chi connectivity index (χ4n) is 2.45. The molecule has 0 amide bonds. The second-order valence-corrected chi connectivity index (χ2v) is 4.73. The molecule has 2 heterocycles. The van der Waals surface area contributed by atoms with Gasteiger partial charge in [-0.25, -0.2) is 4.98 Å². The Kier molecular flexibility index (Phi) is 2.85. The molecular formula is C14H18N2O. The van der Waals surface area contributed by atoms with E-state index in [-0.39, 0.29) is 0 Å². The molecule has 2 aromatic rings. The van der Waals surface area contributed by atoms with Crippen LogP contribution in [-0.4, -0.2) is 22.7 Å². The van der Waals surface area contributed by atoms with Crippen LogP contribution < -0.4 is 0 Å². The van der Waals surface area contributed by atoms with Crippen molar-refractivity contribution in [3.05, 3.63) is 29.6 Å². The van der Waals surface area contributed by atoms with Crippen molar-refractivity contribution in [2.45, 2.75) is 38.7 Å². The van der Waals surface area contributed by atoms with Crippen molar-refractivity contribution >= 4 is 11.0 Å². The fraction of sp³-hybridized carbons (Fsp3) is 0.500. The SMILES string of the molecule is CCc1ccc2nc(CC3CCCO3)[nH]c2c1. The van der Waals surface area contributed by atoms with E-state index >= 15 is 0 Å². The molecule has 1 aromatic heterocycles. The molecule has 1 fully saturated rings. The number of ether oxygens (including phenoxy) is 1. The van der Waals surface area contributed by atoms with Gasteiger partial charge in [0.15, 0.2) is 0 Å². The van der Waals surface area contributed by atoms with Crippen LogP contribution in [0.25, 0.3) is 11.0 Å². The van der Waals surface area contributed by atoms with Crippen molar-refractivity contribution in [2.75, 3.05) is 6.61 Å². The summed E-state index contributed by atoms with van der Waals surface area (Å²) in [7, 11) is 0. The number of imidazole rings is 1. The molecule has 1 N–H and O–H groups in total. The topological polar surface area (TPSA) is 37.9 Å². The fourth-order valence-corrected chi connectivity index (χ4v) is 2.45. The summed E-state index contributed by atoms with van der Waals surface area (Å²) < 4.78 is 5.64. The number of hydrogen-bond acceptors (Lipinski definition) is 2. The first-order valence-electron chi connectivity index (χ1n) is 6.44. The maximum Gasteiger partial charge on any atom is 0.109 e. The summed E-state index contributed by atoms with van der Waals surface area (Å²) >= 11 is 0. The van der Waals surface area contributed by atoms with Crippen LogP contribution >= 0.6 is 0 Å². The van der Waals surface area contributed by atoms with Crippen molar-refractivity contribution in [3.8, 4) is 0 Å². The van der Waals surface area contributed by atoms with Crippen LogP contribution in [0.1, 0.15) is 31.2 Å². The van der Waals surface area contributed by atoms with Crippen molar-refractivity contribution < 1.29 is 4.74 Å². The smallest absolute Gasteiger partial charge is 0.109 e. The number of nitrogens with zero attached hydrogens (tertiary/aromatic N) is 1. The minimum absolute atomic E-state index is 0.362. The molecule has 1 aliphatic rings. The Bertz CT molecular complexity index is 512. The lowest BCUT2D eigenvalue weighted by atomic mass is 10.1. The molecule has 3 rings (SSSR count). The van der Waals surface area contributed by atoms with Crippen molar-refractivity contribution in [2.24, 2.45) is 0 Å². The predicted octanol–water partition coefficient (Wildman–Crippen LogP) is 2.85. The van der Waals surface area contributed by atoms with E-state index in [9.17, 15) is 0 Å². The lowest BCUT2D eigenvalue weighted by Crippen LogP contribution is -2.09. The lowest BCUT2D eigenvalue weighted by Gasteiger charge is -2.05. The number of aromatic amines is 1. The third-order valence-electron chi connectivity index (χ3n) is 3.45. The molecule has 1 saturated heterocycles. The predicted molar refractivity (Wildman–Crippen MR) is 68.1 cm³/mol. The third kappa shape index (κ3) is 2.20. The Morgan fingerprint density at radius 2 is 2.41 bits per heavy atom. The normalized spacial score (nSPS) is 20.2. The maximum absolute atomic E-state index is 5.64. The Labute approximate surface area is 101 Å². The van der Waals surface area contributed by atoms with Gasteiger partial charge in [0.05, 0.1) is 17.1 Å². The molecule has 1 aliphatic heterocycles. The molecule has 0 saturated carbocycles. The van der Waals surface area contributed by atoms with Crippen LogP contribution in [0.15, 0.2) is 18.2 Å². The number of aromatic nitrogens is 2. The first kappa shape index (κ1) is 10.8. The maximum atomic E-state index is 5.64. The highest BCUT2D eigenvalue weighted by atomic mass is 16.5. The van der Waals surface area contributed by atoms with Crippen molar-refractivity contribution in [1.82, 2.24) is 9.97 Å². The Morgan fingerprint density at radius 3 is 3.18 bits per heavy atom. The van der Waals surface area contributed by atoms with Gasteiger partial charge >= 0.3 is 0 Å². The van der Waals surface area contributed by atoms with Gasteiger partial charge in [-0.15, -0.1) is 0 Å². The summed E-state index contributed by atoms with van der Waals surface area (Å²) in [5.74, 6) is 1.06. The number of hydrogen-bond donors (Lipinski definition) is 1. The van der Waals surface area contributed by atoms with E-state index in [2.05, 4.69) is 35.1 Å². The molecule has 0 aliphatic carbocycles. The van der Waals surface area contributed by atoms with E-state index in [1.54, 1.807) is 0 Å². The highest BCUT2D eigenvalue weighted by Gasteiger charge is 2.17. The first-order chi connectivity index (χ1) is 8.35. The summed E-state index contributed by atoms with van der Waals surface area (Å²) in [6, 6.07) is 6.45. The quantitative estimate of drug-likeness (QED) is 0.880. The number of benzene rings is 1. The molecule has 90 valence electrons. The van der Waals surface area contributed by atoms with Gasteiger partial charge in [0, 0.05) is 13.0 Å². The highest BCUT2D eigenvalue weighted by molar-refractivity contribution is 5.75. The number of H-pyrrole nitrogens is 1. The first-order valence-corrected chi connectivity index (χ1v) is 6.44. The van der Waals surface area contributed by atoms with Gasteiger partial charge in [-0.05, 0) is 37.0 Å². The van der Waals surface area contributed by atoms with E-state index in [0.29, 0.717) is 6.10 Å². The molecule has 3 nitrogen and oxygen atoms in total. The summed E-state index contributed by atoms with van der Waals surface area (Å²) in [4.78, 5) is 8.02. The Hall–Kier alpha value is -1.35. The van der Waals surface area contributed by atoms with Gasteiger partial charge in [-0.3, -0.25) is 0 Å². The van der Waals surface area contributed by atoms with E-state index in [1.165, 1.54) is 12.0 Å². The lowest BCUT2D eigenvalue weighted by molar-refractivity contribution is 0.110. The molecule has 0 bridgehead atoms. The van der Waals surface area contributed by atoms with Crippen molar-refractivity contribution in [3.63, 3.8) is 0 Å². The van der Waals surface area contributed by atoms with Crippen LogP contribution in [0.2, 0.25) is 0 Å². The van der Waals surface area contributed by atoms with Gasteiger partial charge in [-0.1, -0.05) is 13.0 Å². The number of nitrogens with one attached hydrogen (secondary N) is 1. The molecule has 0 spiro atoms. The van der Waals surface area contributed by atoms with E-state index in [0.717, 1.165) is 42.7 Å². The third-order valence-corrected chi connectivity index (χ3v) is 3.45. The molecular weight excluding hydrogens is 212 g/mol. The zero-order chi connectivity index (χ0) is 11.7. The molecule has 1 atom stereocenters. The Balaban J connectivity index is 1.85. The van der Waals surface area contributed by atoms with Gasteiger partial charge in [-0.2, -0.15) is 0 Å². The second kappa shape index (κ2) is 4.49. The van der Waals surface area contributed by atoms with Gasteiger partial charge in [0.1, 0.15) is 5.82 Å². The van der Waals surface area contributed by atoms with Gasteiger partial charge in [0.2, 0.25) is 0 Å². The minimum Gasteiger partial charge on any atom is -0.378 e. The Morgan fingerprint density at radius 1 is 1.47 bits per heavy atom. The minimum atomic E-state index is 0.362. The molecule has 0 radical (unpaired) electrons. The monoisotopic (exact) mass is 230 g/mol. The van der Waals surface area contributed by atoms with Crippen LogP contribution in [0.5, 0.6) is 0 Å². The van der Waals surface area contributed by atoms with E-state index in [1.807, 2.05) is 0 Å². The van der Waals surface area contributed by atoms with Crippen LogP contribution in [0.4, 0.5) is 0 Å². The molecule has 1 aromatic carbocycles. The zero-order valence-electron chi connectivity index (χ0n) is 10.2. The van der Waals surface area contributed by atoms with Crippen LogP contribution in [-0.2, 0) is 17.6 Å². The average molecular weight is 230 g/mol. The van der Waals surface area contributed by atoms with E-state index in [4.69, 9.17) is 4.74 Å². The standard InChI is InChI=1S/C14H18N2O/c1-2-10-5-6-12-13(8-10)16-14(15-12)9-11-4-3-7-17-11/h5-6,8,11H,2-4,7,9H2,1H3,(H,15,16). The number of rotatable bonds is 3.